The van der Waals surface area contributed by atoms with E-state index in [2.05, 4.69) is 5.32 Å². The van der Waals surface area contributed by atoms with E-state index in [-0.39, 0.29) is 17.4 Å². The van der Waals surface area contributed by atoms with Crippen LogP contribution in [-0.4, -0.2) is 23.6 Å². The number of carbonyl (C=O) groups excluding carboxylic acids is 1. The summed E-state index contributed by atoms with van der Waals surface area (Å²) < 4.78 is 13.3. The zero-order valence-corrected chi connectivity index (χ0v) is 9.74. The molecule has 17 heavy (non-hydrogen) atoms. The van der Waals surface area contributed by atoms with Gasteiger partial charge in [-0.1, -0.05) is 13.0 Å². The highest BCUT2D eigenvalue weighted by Gasteiger charge is 2.15. The molecule has 0 aliphatic rings. The number of carbonyl (C=O) groups is 1. The molecule has 0 aliphatic carbocycles. The first kappa shape index (κ1) is 13.4. The molecule has 0 aliphatic heterocycles. The third kappa shape index (κ3) is 3.71. The van der Waals surface area contributed by atoms with Gasteiger partial charge in [-0.3, -0.25) is 4.79 Å². The van der Waals surface area contributed by atoms with Gasteiger partial charge in [0.05, 0.1) is 0 Å². The molecule has 1 amide bonds. The Morgan fingerprint density at radius 2 is 2.29 bits per heavy atom. The van der Waals surface area contributed by atoms with Gasteiger partial charge in [0.1, 0.15) is 17.1 Å². The largest absolute Gasteiger partial charge is 0.507 e. The first-order chi connectivity index (χ1) is 8.06. The van der Waals surface area contributed by atoms with Crippen LogP contribution >= 0.6 is 0 Å². The summed E-state index contributed by atoms with van der Waals surface area (Å²) in [6.07, 6.45) is 1.44. The molecule has 94 valence electrons. The lowest BCUT2D eigenvalue weighted by molar-refractivity contribution is 0.0945. The second-order valence-corrected chi connectivity index (χ2v) is 3.85. The summed E-state index contributed by atoms with van der Waals surface area (Å²) in [4.78, 5) is 11.6. The highest BCUT2D eigenvalue weighted by Crippen LogP contribution is 2.19. The molecule has 1 atom stereocenters. The van der Waals surface area contributed by atoms with E-state index in [1.54, 1.807) is 0 Å². The van der Waals surface area contributed by atoms with Crippen LogP contribution < -0.4 is 11.1 Å². The average molecular weight is 240 g/mol. The molecule has 1 rings (SSSR count). The summed E-state index contributed by atoms with van der Waals surface area (Å²) in [5.74, 6) is -1.71. The van der Waals surface area contributed by atoms with Gasteiger partial charge in [0.2, 0.25) is 0 Å². The van der Waals surface area contributed by atoms with Crippen molar-refractivity contribution in [3.63, 3.8) is 0 Å². The number of halogens is 1. The molecule has 1 aromatic rings. The first-order valence-corrected chi connectivity index (χ1v) is 5.57. The number of phenols is 1. The Labute approximate surface area is 99.6 Å². The van der Waals surface area contributed by atoms with E-state index in [4.69, 9.17) is 5.73 Å². The van der Waals surface area contributed by atoms with E-state index in [0.29, 0.717) is 13.0 Å². The maximum Gasteiger partial charge on any atom is 0.258 e. The molecule has 0 aromatic heterocycles. The predicted octanol–water partition coefficient (Wildman–Crippen LogP) is 1.39. The number of hydrogen-bond donors (Lipinski definition) is 3. The Hall–Kier alpha value is -1.62. The monoisotopic (exact) mass is 240 g/mol. The molecule has 0 fully saturated rings. The summed E-state index contributed by atoms with van der Waals surface area (Å²) >= 11 is 0. The number of nitrogens with two attached hydrogens (primary N) is 1. The summed E-state index contributed by atoms with van der Waals surface area (Å²) in [7, 11) is 0. The smallest absolute Gasteiger partial charge is 0.258 e. The minimum atomic E-state index is -0.734. The molecule has 4 nitrogen and oxygen atoms in total. The second-order valence-electron chi connectivity index (χ2n) is 3.85. The van der Waals surface area contributed by atoms with Gasteiger partial charge in [-0.2, -0.15) is 0 Å². The van der Waals surface area contributed by atoms with Crippen molar-refractivity contribution in [1.29, 1.82) is 0 Å². The Kier molecular flexibility index (Phi) is 4.90. The van der Waals surface area contributed by atoms with Crippen molar-refractivity contribution in [3.8, 4) is 5.75 Å². The number of rotatable bonds is 5. The van der Waals surface area contributed by atoms with Crippen LogP contribution in [0, 0.1) is 5.82 Å². The molecule has 0 saturated carbocycles. The number of aromatic hydroxyl groups is 1. The lowest BCUT2D eigenvalue weighted by atomic mass is 10.1. The van der Waals surface area contributed by atoms with Gasteiger partial charge in [-0.15, -0.1) is 0 Å². The van der Waals surface area contributed by atoms with Crippen molar-refractivity contribution in [3.05, 3.63) is 29.6 Å². The van der Waals surface area contributed by atoms with Crippen molar-refractivity contribution in [2.75, 3.05) is 6.54 Å². The number of hydrogen-bond acceptors (Lipinski definition) is 3. The zero-order chi connectivity index (χ0) is 12.8. The van der Waals surface area contributed by atoms with Crippen LogP contribution in [0.2, 0.25) is 0 Å². The summed E-state index contributed by atoms with van der Waals surface area (Å²) in [6.45, 7) is 2.32. The number of phenolic OH excluding ortho intramolecular Hbond substituents is 1. The third-order valence-corrected chi connectivity index (χ3v) is 2.54. The van der Waals surface area contributed by atoms with Crippen molar-refractivity contribution < 1.29 is 14.3 Å². The maximum absolute atomic E-state index is 13.3. The Morgan fingerprint density at radius 1 is 1.59 bits per heavy atom. The van der Waals surface area contributed by atoms with Crippen molar-refractivity contribution in [2.24, 2.45) is 5.73 Å². The normalized spacial score (nSPS) is 12.2. The fourth-order valence-corrected chi connectivity index (χ4v) is 1.40. The van der Waals surface area contributed by atoms with E-state index in [1.807, 2.05) is 6.92 Å². The Balaban J connectivity index is 2.59. The van der Waals surface area contributed by atoms with Crippen molar-refractivity contribution in [1.82, 2.24) is 5.32 Å². The molecule has 0 heterocycles. The summed E-state index contributed by atoms with van der Waals surface area (Å²) in [5.41, 5.74) is 5.36. The first-order valence-electron chi connectivity index (χ1n) is 5.57. The van der Waals surface area contributed by atoms with E-state index in [0.717, 1.165) is 12.5 Å². The van der Waals surface area contributed by atoms with E-state index in [1.165, 1.54) is 12.1 Å². The van der Waals surface area contributed by atoms with E-state index < -0.39 is 11.7 Å². The lowest BCUT2D eigenvalue weighted by Crippen LogP contribution is -2.30. The average Bonchev–Trinajstić information content (AvgIpc) is 2.28. The molecule has 0 bridgehead atoms. The lowest BCUT2D eigenvalue weighted by Gasteiger charge is -2.10. The van der Waals surface area contributed by atoms with Crippen LogP contribution in [0.4, 0.5) is 4.39 Å². The van der Waals surface area contributed by atoms with Crippen LogP contribution in [0.25, 0.3) is 0 Å². The molecule has 1 unspecified atom stereocenters. The van der Waals surface area contributed by atoms with Crippen LogP contribution in [0.15, 0.2) is 18.2 Å². The fraction of sp³-hybridized carbons (Fsp3) is 0.417. The van der Waals surface area contributed by atoms with Gasteiger partial charge in [0, 0.05) is 12.6 Å². The zero-order valence-electron chi connectivity index (χ0n) is 9.74. The van der Waals surface area contributed by atoms with Crippen molar-refractivity contribution in [2.45, 2.75) is 25.8 Å². The predicted molar refractivity (Wildman–Crippen MR) is 63.3 cm³/mol. The van der Waals surface area contributed by atoms with Gasteiger partial charge >= 0.3 is 0 Å². The van der Waals surface area contributed by atoms with Crippen LogP contribution in [0.5, 0.6) is 5.75 Å². The molecular formula is C12H17FN2O2. The quantitative estimate of drug-likeness (QED) is 0.728. The molecule has 0 saturated heterocycles. The maximum atomic E-state index is 13.3. The topological polar surface area (TPSA) is 75.3 Å². The third-order valence-electron chi connectivity index (χ3n) is 2.54. The molecule has 0 radical (unpaired) electrons. The van der Waals surface area contributed by atoms with Crippen LogP contribution in [0.3, 0.4) is 0 Å². The Morgan fingerprint density at radius 3 is 2.88 bits per heavy atom. The van der Waals surface area contributed by atoms with E-state index >= 15 is 0 Å². The molecule has 0 spiro atoms. The minimum Gasteiger partial charge on any atom is -0.507 e. The van der Waals surface area contributed by atoms with E-state index in [9.17, 15) is 14.3 Å². The minimum absolute atomic E-state index is 0.0181. The Bertz CT molecular complexity index is 376. The highest BCUT2D eigenvalue weighted by atomic mass is 19.1. The van der Waals surface area contributed by atoms with Gasteiger partial charge in [0.15, 0.2) is 0 Å². The molecule has 4 N–H and O–H groups in total. The van der Waals surface area contributed by atoms with Gasteiger partial charge in [0.25, 0.3) is 5.91 Å². The fourth-order valence-electron chi connectivity index (χ4n) is 1.40. The van der Waals surface area contributed by atoms with Crippen LogP contribution in [-0.2, 0) is 0 Å². The second kappa shape index (κ2) is 6.20. The van der Waals surface area contributed by atoms with Crippen LogP contribution in [0.1, 0.15) is 30.1 Å². The van der Waals surface area contributed by atoms with Crippen molar-refractivity contribution >= 4 is 5.91 Å². The number of benzene rings is 1. The number of nitrogens with one attached hydrogen (secondary N) is 1. The van der Waals surface area contributed by atoms with Gasteiger partial charge in [-0.05, 0) is 25.0 Å². The number of amides is 1. The molecule has 5 heteroatoms. The molecule has 1 aromatic carbocycles. The highest BCUT2D eigenvalue weighted by molar-refractivity contribution is 5.97. The van der Waals surface area contributed by atoms with Gasteiger partial charge in [-0.25, -0.2) is 4.39 Å². The summed E-state index contributed by atoms with van der Waals surface area (Å²) in [5, 5.41) is 11.9. The summed E-state index contributed by atoms with van der Waals surface area (Å²) in [6, 6.07) is 3.76. The molecular weight excluding hydrogens is 223 g/mol. The standard InChI is InChI=1S/C12H17FN2O2/c1-2-8(14)6-7-15-12(17)11-9(13)4-3-5-10(11)16/h3-5,8,16H,2,6-7,14H2,1H3,(H,15,17). The SMILES string of the molecule is CCC(N)CCNC(=O)c1c(O)cccc1F. The van der Waals surface area contributed by atoms with Gasteiger partial charge < -0.3 is 16.2 Å².